The summed E-state index contributed by atoms with van der Waals surface area (Å²) < 4.78 is 47.3. The predicted molar refractivity (Wildman–Crippen MR) is 114 cm³/mol. The minimum absolute atomic E-state index is 0.106. The number of halogens is 3. The second kappa shape index (κ2) is 9.55. The van der Waals surface area contributed by atoms with Crippen molar-refractivity contribution in [2.45, 2.75) is 32.7 Å². The van der Waals surface area contributed by atoms with E-state index in [-0.39, 0.29) is 11.8 Å². The monoisotopic (exact) mass is 432 g/mol. The topological polar surface area (TPSA) is 68.3 Å². The molecular weight excluding hydrogens is 409 g/mol. The maximum absolute atomic E-state index is 12.6. The summed E-state index contributed by atoms with van der Waals surface area (Å²) in [5.74, 6) is 1.12. The Labute approximate surface area is 178 Å². The van der Waals surface area contributed by atoms with Gasteiger partial charge in [-0.1, -0.05) is 31.2 Å². The van der Waals surface area contributed by atoms with Crippen molar-refractivity contribution in [1.82, 2.24) is 9.97 Å². The summed E-state index contributed by atoms with van der Waals surface area (Å²) >= 11 is 0. The van der Waals surface area contributed by atoms with Gasteiger partial charge in [-0.15, -0.1) is 13.2 Å². The minimum Gasteiger partial charge on any atom is -0.495 e. The second-order valence-electron chi connectivity index (χ2n) is 6.82. The van der Waals surface area contributed by atoms with E-state index in [0.29, 0.717) is 34.5 Å². The Hall–Kier alpha value is -3.49. The molecule has 2 aromatic carbocycles. The molecule has 164 valence electrons. The molecule has 0 saturated carbocycles. The zero-order valence-corrected chi connectivity index (χ0v) is 17.3. The van der Waals surface area contributed by atoms with Gasteiger partial charge in [0.15, 0.2) is 0 Å². The molecule has 0 bridgehead atoms. The van der Waals surface area contributed by atoms with Crippen LogP contribution in [0, 0.1) is 0 Å². The Kier molecular flexibility index (Phi) is 6.84. The maximum Gasteiger partial charge on any atom is 0.573 e. The lowest BCUT2D eigenvalue weighted by atomic mass is 10.1. The molecule has 0 aliphatic carbocycles. The summed E-state index contributed by atoms with van der Waals surface area (Å²) in [6.07, 6.45) is -3.93. The van der Waals surface area contributed by atoms with Crippen LogP contribution in [0.5, 0.6) is 11.5 Å². The van der Waals surface area contributed by atoms with Gasteiger partial charge in [0, 0.05) is 17.7 Å². The van der Waals surface area contributed by atoms with Crippen molar-refractivity contribution in [3.05, 3.63) is 54.6 Å². The zero-order chi connectivity index (χ0) is 22.4. The zero-order valence-electron chi connectivity index (χ0n) is 17.3. The molecule has 0 amide bonds. The van der Waals surface area contributed by atoms with E-state index < -0.39 is 6.36 Å². The highest BCUT2D eigenvalue weighted by atomic mass is 19.4. The lowest BCUT2D eigenvalue weighted by Crippen LogP contribution is -2.17. The quantitative estimate of drug-likeness (QED) is 0.455. The number of ether oxygens (including phenoxy) is 2. The predicted octanol–water partition coefficient (Wildman–Crippen LogP) is 6.00. The van der Waals surface area contributed by atoms with Crippen molar-refractivity contribution in [3.63, 3.8) is 0 Å². The fourth-order valence-electron chi connectivity index (χ4n) is 2.78. The summed E-state index contributed by atoms with van der Waals surface area (Å²) in [4.78, 5) is 8.98. The molecule has 1 heterocycles. The number of nitrogens with one attached hydrogen (secondary N) is 2. The fourth-order valence-corrected chi connectivity index (χ4v) is 2.78. The number of hydrogen-bond acceptors (Lipinski definition) is 6. The normalized spacial score (nSPS) is 12.2. The van der Waals surface area contributed by atoms with Crippen LogP contribution >= 0.6 is 0 Å². The standard InChI is InChI=1S/C22H23F3N4O2/c1-4-14(2)26-21-28-18(15-8-7-9-16(12-15)31-22(23,24)25)13-20(29-21)27-17-10-5-6-11-19(17)30-3/h5-14H,4H2,1-3H3,(H2,26,27,28,29)/t14-/m0/s1. The number of para-hydroxylation sites is 2. The average Bonchev–Trinajstić information content (AvgIpc) is 2.73. The van der Waals surface area contributed by atoms with Crippen molar-refractivity contribution in [1.29, 1.82) is 0 Å². The van der Waals surface area contributed by atoms with E-state index in [1.807, 2.05) is 32.0 Å². The van der Waals surface area contributed by atoms with Gasteiger partial charge >= 0.3 is 6.36 Å². The lowest BCUT2D eigenvalue weighted by Gasteiger charge is -2.16. The highest BCUT2D eigenvalue weighted by Crippen LogP contribution is 2.31. The van der Waals surface area contributed by atoms with E-state index in [1.54, 1.807) is 25.3 Å². The van der Waals surface area contributed by atoms with E-state index in [4.69, 9.17) is 4.74 Å². The third kappa shape index (κ3) is 6.24. The molecule has 1 aromatic heterocycles. The number of nitrogens with zero attached hydrogens (tertiary/aromatic N) is 2. The highest BCUT2D eigenvalue weighted by molar-refractivity contribution is 5.70. The van der Waals surface area contributed by atoms with Gasteiger partial charge in [0.2, 0.25) is 5.95 Å². The maximum atomic E-state index is 12.6. The molecule has 0 fully saturated rings. The molecule has 0 radical (unpaired) electrons. The van der Waals surface area contributed by atoms with Crippen LogP contribution in [0.4, 0.5) is 30.6 Å². The van der Waals surface area contributed by atoms with Crippen LogP contribution in [-0.2, 0) is 0 Å². The highest BCUT2D eigenvalue weighted by Gasteiger charge is 2.31. The first kappa shape index (κ1) is 22.2. The summed E-state index contributed by atoms with van der Waals surface area (Å²) in [5, 5.41) is 6.40. The molecule has 2 N–H and O–H groups in total. The smallest absolute Gasteiger partial charge is 0.495 e. The number of benzene rings is 2. The second-order valence-corrected chi connectivity index (χ2v) is 6.82. The average molecular weight is 432 g/mol. The summed E-state index contributed by atoms with van der Waals surface area (Å²) in [6, 6.07) is 14.8. The Bertz CT molecular complexity index is 1030. The number of rotatable bonds is 8. The molecule has 9 heteroatoms. The molecule has 0 aliphatic rings. The lowest BCUT2D eigenvalue weighted by molar-refractivity contribution is -0.274. The Morgan fingerprint density at radius 2 is 1.81 bits per heavy atom. The van der Waals surface area contributed by atoms with Gasteiger partial charge < -0.3 is 20.1 Å². The number of alkyl halides is 3. The van der Waals surface area contributed by atoms with Crippen molar-refractivity contribution < 1.29 is 22.6 Å². The largest absolute Gasteiger partial charge is 0.573 e. The van der Waals surface area contributed by atoms with E-state index in [1.165, 1.54) is 18.2 Å². The van der Waals surface area contributed by atoms with Crippen molar-refractivity contribution in [3.8, 4) is 22.8 Å². The van der Waals surface area contributed by atoms with Gasteiger partial charge in [-0.25, -0.2) is 4.98 Å². The van der Waals surface area contributed by atoms with Gasteiger partial charge in [-0.3, -0.25) is 0 Å². The Morgan fingerprint density at radius 1 is 1.03 bits per heavy atom. The molecule has 31 heavy (non-hydrogen) atoms. The molecule has 6 nitrogen and oxygen atoms in total. The van der Waals surface area contributed by atoms with Crippen LogP contribution in [0.2, 0.25) is 0 Å². The van der Waals surface area contributed by atoms with Crippen molar-refractivity contribution in [2.75, 3.05) is 17.7 Å². The number of methoxy groups -OCH3 is 1. The van der Waals surface area contributed by atoms with Crippen LogP contribution in [0.1, 0.15) is 20.3 Å². The molecule has 1 atom stereocenters. The molecule has 3 rings (SSSR count). The SMILES string of the molecule is CC[C@H](C)Nc1nc(Nc2ccccc2OC)cc(-c2cccc(OC(F)(F)F)c2)n1. The molecule has 0 saturated heterocycles. The van der Waals surface area contributed by atoms with Gasteiger partial charge in [0.1, 0.15) is 17.3 Å². The van der Waals surface area contributed by atoms with Crippen LogP contribution in [0.3, 0.4) is 0 Å². The molecule has 0 spiro atoms. The van der Waals surface area contributed by atoms with Crippen LogP contribution in [0.15, 0.2) is 54.6 Å². The summed E-state index contributed by atoms with van der Waals surface area (Å²) in [6.45, 7) is 4.01. The van der Waals surface area contributed by atoms with E-state index in [2.05, 4.69) is 25.3 Å². The Morgan fingerprint density at radius 3 is 2.52 bits per heavy atom. The van der Waals surface area contributed by atoms with Crippen LogP contribution < -0.4 is 20.1 Å². The van der Waals surface area contributed by atoms with Crippen LogP contribution in [0.25, 0.3) is 11.3 Å². The van der Waals surface area contributed by atoms with E-state index in [0.717, 1.165) is 6.42 Å². The fraction of sp³-hybridized carbons (Fsp3) is 0.273. The summed E-state index contributed by atoms with van der Waals surface area (Å²) in [7, 11) is 1.56. The Balaban J connectivity index is 2.00. The molecule has 3 aromatic rings. The van der Waals surface area contributed by atoms with Gasteiger partial charge in [0.05, 0.1) is 18.5 Å². The minimum atomic E-state index is -4.77. The first-order valence-electron chi connectivity index (χ1n) is 9.69. The number of aromatic nitrogens is 2. The van der Waals surface area contributed by atoms with E-state index in [9.17, 15) is 13.2 Å². The third-order valence-corrected chi connectivity index (χ3v) is 4.45. The first-order chi connectivity index (χ1) is 14.8. The summed E-state index contributed by atoms with van der Waals surface area (Å²) in [5.41, 5.74) is 1.59. The number of anilines is 3. The third-order valence-electron chi connectivity index (χ3n) is 4.45. The van der Waals surface area contributed by atoms with Gasteiger partial charge in [-0.05, 0) is 37.6 Å². The van der Waals surface area contributed by atoms with Crippen molar-refractivity contribution in [2.24, 2.45) is 0 Å². The van der Waals surface area contributed by atoms with Gasteiger partial charge in [-0.2, -0.15) is 4.98 Å². The first-order valence-corrected chi connectivity index (χ1v) is 9.69. The van der Waals surface area contributed by atoms with Crippen LogP contribution in [-0.4, -0.2) is 29.5 Å². The van der Waals surface area contributed by atoms with Gasteiger partial charge in [0.25, 0.3) is 0 Å². The molecular formula is C22H23F3N4O2. The van der Waals surface area contributed by atoms with Crippen molar-refractivity contribution >= 4 is 17.5 Å². The molecule has 0 aliphatic heterocycles. The van der Waals surface area contributed by atoms with E-state index >= 15 is 0 Å². The number of hydrogen-bond donors (Lipinski definition) is 2. The molecule has 0 unspecified atom stereocenters.